The quantitative estimate of drug-likeness (QED) is 0.734. The average Bonchev–Trinajstić information content (AvgIpc) is 2.16. The number of hydrogen-bond donors (Lipinski definition) is 1. The Morgan fingerprint density at radius 3 is 2.67 bits per heavy atom. The fourth-order valence-corrected chi connectivity index (χ4v) is 1.01. The molecule has 6 nitrogen and oxygen atoms in total. The van der Waals surface area contributed by atoms with E-state index in [0.29, 0.717) is 19.8 Å². The molecule has 0 amide bonds. The molecule has 15 heavy (non-hydrogen) atoms. The highest BCUT2D eigenvalue weighted by Crippen LogP contribution is 2.08. The highest BCUT2D eigenvalue weighted by Gasteiger charge is 2.02. The second-order valence-electron chi connectivity index (χ2n) is 2.71. The van der Waals surface area contributed by atoms with Crippen molar-refractivity contribution >= 4 is 17.5 Å². The molecule has 0 aromatic carbocycles. The third kappa shape index (κ3) is 4.75. The van der Waals surface area contributed by atoms with Crippen LogP contribution in [0.3, 0.4) is 0 Å². The van der Waals surface area contributed by atoms with Gasteiger partial charge in [-0.3, -0.25) is 0 Å². The largest absolute Gasteiger partial charge is 0.461 e. The molecular weight excluding hydrogens is 220 g/mol. The van der Waals surface area contributed by atoms with Crippen molar-refractivity contribution in [3.63, 3.8) is 0 Å². The number of nitrogens with two attached hydrogens (primary N) is 1. The monoisotopic (exact) mass is 232 g/mol. The third-order valence-corrected chi connectivity index (χ3v) is 1.58. The highest BCUT2D eigenvalue weighted by atomic mass is 35.5. The molecule has 0 fully saturated rings. The normalized spacial score (nSPS) is 10.3. The zero-order valence-corrected chi connectivity index (χ0v) is 9.20. The van der Waals surface area contributed by atoms with Crippen molar-refractivity contribution in [2.75, 3.05) is 25.6 Å². The molecule has 1 aromatic heterocycles. The van der Waals surface area contributed by atoms with Gasteiger partial charge in [0.15, 0.2) is 0 Å². The Morgan fingerprint density at radius 2 is 2.00 bits per heavy atom. The standard InChI is InChI=1S/C8H13ClN4O2/c1-2-3-14-4-5-15-8-12-6(9)11-7(10)13-8/h2-5H2,1H3,(H2,10,11,12,13). The molecule has 0 radical (unpaired) electrons. The van der Waals surface area contributed by atoms with E-state index >= 15 is 0 Å². The summed E-state index contributed by atoms with van der Waals surface area (Å²) in [5.41, 5.74) is 5.35. The lowest BCUT2D eigenvalue weighted by atomic mass is 10.5. The van der Waals surface area contributed by atoms with Gasteiger partial charge < -0.3 is 15.2 Å². The molecule has 0 aliphatic carbocycles. The zero-order chi connectivity index (χ0) is 11.1. The number of nitrogen functional groups attached to an aromatic ring is 1. The molecule has 7 heteroatoms. The predicted octanol–water partition coefficient (Wildman–Crippen LogP) is 0.913. The second kappa shape index (κ2) is 6.36. The zero-order valence-electron chi connectivity index (χ0n) is 8.44. The molecule has 2 N–H and O–H groups in total. The van der Waals surface area contributed by atoms with Gasteiger partial charge in [0, 0.05) is 6.61 Å². The summed E-state index contributed by atoms with van der Waals surface area (Å²) >= 11 is 5.56. The van der Waals surface area contributed by atoms with Crippen LogP contribution in [-0.4, -0.2) is 34.8 Å². The van der Waals surface area contributed by atoms with Crippen LogP contribution in [0.5, 0.6) is 6.01 Å². The summed E-state index contributed by atoms with van der Waals surface area (Å²) in [7, 11) is 0. The van der Waals surface area contributed by atoms with Gasteiger partial charge in [0.05, 0.1) is 6.61 Å². The average molecular weight is 233 g/mol. The first-order valence-electron chi connectivity index (χ1n) is 4.60. The molecule has 0 atom stereocenters. The van der Waals surface area contributed by atoms with Gasteiger partial charge in [-0.15, -0.1) is 0 Å². The van der Waals surface area contributed by atoms with E-state index in [1.54, 1.807) is 0 Å². The first kappa shape index (κ1) is 11.9. The minimum absolute atomic E-state index is 0.0203. The third-order valence-electron chi connectivity index (χ3n) is 1.41. The fourth-order valence-electron chi connectivity index (χ4n) is 0.849. The van der Waals surface area contributed by atoms with Crippen molar-refractivity contribution in [1.29, 1.82) is 0 Å². The lowest BCUT2D eigenvalue weighted by molar-refractivity contribution is 0.0972. The van der Waals surface area contributed by atoms with Gasteiger partial charge in [-0.2, -0.15) is 15.0 Å². The van der Waals surface area contributed by atoms with Crippen LogP contribution < -0.4 is 10.5 Å². The molecule has 0 saturated heterocycles. The van der Waals surface area contributed by atoms with E-state index in [2.05, 4.69) is 15.0 Å². The molecule has 0 spiro atoms. The Bertz CT molecular complexity index is 290. The number of ether oxygens (including phenoxy) is 2. The van der Waals surface area contributed by atoms with Crippen molar-refractivity contribution in [1.82, 2.24) is 15.0 Å². The predicted molar refractivity (Wildman–Crippen MR) is 55.9 cm³/mol. The molecule has 1 aromatic rings. The van der Waals surface area contributed by atoms with Gasteiger partial charge in [-0.1, -0.05) is 6.92 Å². The summed E-state index contributed by atoms with van der Waals surface area (Å²) in [4.78, 5) is 11.1. The van der Waals surface area contributed by atoms with Crippen molar-refractivity contribution in [2.45, 2.75) is 13.3 Å². The summed E-state index contributed by atoms with van der Waals surface area (Å²) in [6.45, 7) is 3.59. The summed E-state index contributed by atoms with van der Waals surface area (Å²) in [6, 6.07) is 0.118. The molecule has 0 aliphatic heterocycles. The van der Waals surface area contributed by atoms with Crippen molar-refractivity contribution < 1.29 is 9.47 Å². The van der Waals surface area contributed by atoms with E-state index in [1.807, 2.05) is 6.92 Å². The molecule has 0 aliphatic rings. The maximum atomic E-state index is 5.56. The summed E-state index contributed by atoms with van der Waals surface area (Å²) < 4.78 is 10.4. The van der Waals surface area contributed by atoms with Crippen LogP contribution in [0.15, 0.2) is 0 Å². The molecule has 84 valence electrons. The Labute approximate surface area is 92.8 Å². The van der Waals surface area contributed by atoms with Gasteiger partial charge in [-0.05, 0) is 18.0 Å². The van der Waals surface area contributed by atoms with Crippen molar-refractivity contribution in [3.8, 4) is 6.01 Å². The molecule has 0 bridgehead atoms. The summed E-state index contributed by atoms with van der Waals surface area (Å²) in [5.74, 6) is 0.0412. The van der Waals surface area contributed by atoms with Crippen LogP contribution in [0.2, 0.25) is 5.28 Å². The number of nitrogens with zero attached hydrogens (tertiary/aromatic N) is 3. The minimum atomic E-state index is 0.0203. The number of anilines is 1. The molecular formula is C8H13ClN4O2. The van der Waals surface area contributed by atoms with Gasteiger partial charge >= 0.3 is 6.01 Å². The van der Waals surface area contributed by atoms with Crippen LogP contribution in [0.1, 0.15) is 13.3 Å². The van der Waals surface area contributed by atoms with Gasteiger partial charge in [-0.25, -0.2) is 0 Å². The maximum absolute atomic E-state index is 5.56. The van der Waals surface area contributed by atoms with Crippen LogP contribution in [0.4, 0.5) is 5.95 Å². The molecule has 1 rings (SSSR count). The van der Waals surface area contributed by atoms with Crippen LogP contribution >= 0.6 is 11.6 Å². The lowest BCUT2D eigenvalue weighted by Crippen LogP contribution is -2.10. The lowest BCUT2D eigenvalue weighted by Gasteiger charge is -2.04. The van der Waals surface area contributed by atoms with Gasteiger partial charge in [0.2, 0.25) is 11.2 Å². The second-order valence-corrected chi connectivity index (χ2v) is 3.04. The Balaban J connectivity index is 2.31. The molecule has 0 saturated carbocycles. The maximum Gasteiger partial charge on any atom is 0.322 e. The van der Waals surface area contributed by atoms with E-state index in [4.69, 9.17) is 26.8 Å². The van der Waals surface area contributed by atoms with Gasteiger partial charge in [0.25, 0.3) is 0 Å². The van der Waals surface area contributed by atoms with Crippen LogP contribution in [-0.2, 0) is 4.74 Å². The van der Waals surface area contributed by atoms with E-state index < -0.39 is 0 Å². The van der Waals surface area contributed by atoms with E-state index in [0.717, 1.165) is 6.42 Å². The Hall–Kier alpha value is -1.14. The van der Waals surface area contributed by atoms with Crippen molar-refractivity contribution in [3.05, 3.63) is 5.28 Å². The van der Waals surface area contributed by atoms with Crippen LogP contribution in [0, 0.1) is 0 Å². The molecule has 1 heterocycles. The van der Waals surface area contributed by atoms with Crippen LogP contribution in [0.25, 0.3) is 0 Å². The smallest absolute Gasteiger partial charge is 0.322 e. The summed E-state index contributed by atoms with van der Waals surface area (Å²) in [6.07, 6.45) is 0.977. The van der Waals surface area contributed by atoms with E-state index in [-0.39, 0.29) is 17.2 Å². The Kier molecular flexibility index (Phi) is 5.06. The number of halogens is 1. The highest BCUT2D eigenvalue weighted by molar-refractivity contribution is 6.28. The number of aromatic nitrogens is 3. The molecule has 0 unspecified atom stereocenters. The SMILES string of the molecule is CCCOCCOc1nc(N)nc(Cl)n1. The number of hydrogen-bond acceptors (Lipinski definition) is 6. The number of rotatable bonds is 6. The first-order chi connectivity index (χ1) is 7.22. The Morgan fingerprint density at radius 1 is 1.20 bits per heavy atom. The van der Waals surface area contributed by atoms with E-state index in [1.165, 1.54) is 0 Å². The van der Waals surface area contributed by atoms with Crippen molar-refractivity contribution in [2.24, 2.45) is 0 Å². The minimum Gasteiger partial charge on any atom is -0.461 e. The first-order valence-corrected chi connectivity index (χ1v) is 4.97. The summed E-state index contributed by atoms with van der Waals surface area (Å²) in [5, 5.41) is 0.0203. The van der Waals surface area contributed by atoms with Gasteiger partial charge in [0.1, 0.15) is 6.61 Å². The topological polar surface area (TPSA) is 83.2 Å². The van der Waals surface area contributed by atoms with E-state index in [9.17, 15) is 0 Å². The fraction of sp³-hybridized carbons (Fsp3) is 0.625.